The minimum absolute atomic E-state index is 0.545. The van der Waals surface area contributed by atoms with Crippen molar-refractivity contribution in [3.63, 3.8) is 0 Å². The minimum atomic E-state index is 0.545. The van der Waals surface area contributed by atoms with E-state index in [-0.39, 0.29) is 0 Å². The molecule has 0 spiro atoms. The maximum absolute atomic E-state index is 5.34. The van der Waals surface area contributed by atoms with Gasteiger partial charge in [0.15, 0.2) is 17.5 Å². The average molecular weight is 794 g/mol. The van der Waals surface area contributed by atoms with E-state index >= 15 is 0 Å². The number of para-hydroxylation sites is 3. The van der Waals surface area contributed by atoms with Crippen LogP contribution in [-0.4, -0.2) is 34.1 Å². The standard InChI is InChI=1S/C55H35N7/c1-5-17-36(18-6-1)45-35-46(57-52(56-45)38-19-7-2-8-20-38)37-29-31-40(32-30-37)54-58-53(39-21-9-3-10-22-39)59-55(60-54)62-47-27-15-13-25-42(47)43-33-34-49-50(51(43)62)44-26-14-16-28-48(44)61(49)41-23-11-4-12-24-41/h1-35H. The fourth-order valence-electron chi connectivity index (χ4n) is 8.74. The highest BCUT2D eigenvalue weighted by molar-refractivity contribution is 6.26. The van der Waals surface area contributed by atoms with Crippen molar-refractivity contribution >= 4 is 43.6 Å². The average Bonchev–Trinajstić information content (AvgIpc) is 3.88. The van der Waals surface area contributed by atoms with Crippen molar-refractivity contribution in [3.05, 3.63) is 212 Å². The highest BCUT2D eigenvalue weighted by Gasteiger charge is 2.23. The lowest BCUT2D eigenvalue weighted by Crippen LogP contribution is -2.06. The number of aromatic nitrogens is 7. The molecule has 7 nitrogen and oxygen atoms in total. The molecule has 4 aromatic heterocycles. The smallest absolute Gasteiger partial charge is 0.238 e. The van der Waals surface area contributed by atoms with Crippen molar-refractivity contribution in [1.82, 2.24) is 34.1 Å². The maximum Gasteiger partial charge on any atom is 0.238 e. The first-order chi connectivity index (χ1) is 30.7. The molecular weight excluding hydrogens is 759 g/mol. The zero-order valence-electron chi connectivity index (χ0n) is 33.3. The van der Waals surface area contributed by atoms with Gasteiger partial charge >= 0.3 is 0 Å². The molecule has 7 heteroatoms. The van der Waals surface area contributed by atoms with Gasteiger partial charge < -0.3 is 4.57 Å². The van der Waals surface area contributed by atoms with Crippen molar-refractivity contribution in [2.24, 2.45) is 0 Å². The zero-order chi connectivity index (χ0) is 41.0. The number of benzene rings is 8. The second-order valence-corrected chi connectivity index (χ2v) is 15.3. The Hall–Kier alpha value is -8.55. The lowest BCUT2D eigenvalue weighted by Gasteiger charge is -2.12. The van der Waals surface area contributed by atoms with Gasteiger partial charge in [-0.3, -0.25) is 4.57 Å². The van der Waals surface area contributed by atoms with Gasteiger partial charge in [-0.05, 0) is 36.4 Å². The Labute approximate surface area is 356 Å². The molecule has 0 unspecified atom stereocenters. The van der Waals surface area contributed by atoms with Crippen LogP contribution in [0.3, 0.4) is 0 Å². The molecule has 12 rings (SSSR count). The third kappa shape index (κ3) is 5.94. The van der Waals surface area contributed by atoms with Crippen LogP contribution in [0.4, 0.5) is 0 Å². The molecule has 8 aromatic carbocycles. The zero-order valence-corrected chi connectivity index (χ0v) is 33.3. The molecule has 62 heavy (non-hydrogen) atoms. The van der Waals surface area contributed by atoms with Crippen molar-refractivity contribution in [2.45, 2.75) is 0 Å². The Morgan fingerprint density at radius 1 is 0.290 bits per heavy atom. The molecule has 0 saturated carbocycles. The van der Waals surface area contributed by atoms with Crippen molar-refractivity contribution in [1.29, 1.82) is 0 Å². The van der Waals surface area contributed by atoms with Gasteiger partial charge in [0.05, 0.1) is 33.5 Å². The van der Waals surface area contributed by atoms with Crippen LogP contribution in [0.25, 0.3) is 112 Å². The third-order valence-electron chi connectivity index (χ3n) is 11.6. The predicted molar refractivity (Wildman–Crippen MR) is 251 cm³/mol. The molecule has 290 valence electrons. The van der Waals surface area contributed by atoms with E-state index in [9.17, 15) is 0 Å². The fourth-order valence-corrected chi connectivity index (χ4v) is 8.74. The Morgan fingerprint density at radius 3 is 1.35 bits per heavy atom. The lowest BCUT2D eigenvalue weighted by atomic mass is 10.0. The summed E-state index contributed by atoms with van der Waals surface area (Å²) in [5.74, 6) is 2.38. The molecule has 0 aliphatic rings. The van der Waals surface area contributed by atoms with Gasteiger partial charge in [-0.25, -0.2) is 15.0 Å². The molecule has 0 atom stereocenters. The summed E-state index contributed by atoms with van der Waals surface area (Å²) in [7, 11) is 0. The van der Waals surface area contributed by atoms with E-state index < -0.39 is 0 Å². The Kier molecular flexibility index (Phi) is 8.35. The predicted octanol–water partition coefficient (Wildman–Crippen LogP) is 13.2. The Bertz CT molecular complexity index is 3540. The summed E-state index contributed by atoms with van der Waals surface area (Å²) >= 11 is 0. The first-order valence-corrected chi connectivity index (χ1v) is 20.7. The van der Waals surface area contributed by atoms with Crippen LogP contribution in [0.5, 0.6) is 0 Å². The van der Waals surface area contributed by atoms with Crippen molar-refractivity contribution < 1.29 is 0 Å². The molecule has 4 heterocycles. The number of fused-ring (bicyclic) bond motifs is 7. The van der Waals surface area contributed by atoms with Gasteiger partial charge in [-0.2, -0.15) is 9.97 Å². The molecule has 12 aromatic rings. The monoisotopic (exact) mass is 793 g/mol. The van der Waals surface area contributed by atoms with Gasteiger partial charge in [0, 0.05) is 55.0 Å². The van der Waals surface area contributed by atoms with E-state index in [1.165, 1.54) is 0 Å². The Morgan fingerprint density at radius 2 is 0.742 bits per heavy atom. The van der Waals surface area contributed by atoms with E-state index in [2.05, 4.69) is 143 Å². The first kappa shape index (κ1) is 35.4. The number of nitrogens with zero attached hydrogens (tertiary/aromatic N) is 7. The molecule has 0 radical (unpaired) electrons. The normalized spacial score (nSPS) is 11.5. The Balaban J connectivity index is 1.07. The van der Waals surface area contributed by atoms with Crippen LogP contribution < -0.4 is 0 Å². The second-order valence-electron chi connectivity index (χ2n) is 15.3. The number of hydrogen-bond donors (Lipinski definition) is 0. The molecule has 0 amide bonds. The molecule has 0 aliphatic carbocycles. The maximum atomic E-state index is 5.34. The third-order valence-corrected chi connectivity index (χ3v) is 11.6. The largest absolute Gasteiger partial charge is 0.309 e. The van der Waals surface area contributed by atoms with Crippen LogP contribution >= 0.6 is 0 Å². The topological polar surface area (TPSA) is 74.3 Å². The summed E-state index contributed by atoms with van der Waals surface area (Å²) in [6.07, 6.45) is 0. The summed E-state index contributed by atoms with van der Waals surface area (Å²) in [6, 6.07) is 73.2. The van der Waals surface area contributed by atoms with E-state index in [0.29, 0.717) is 23.4 Å². The molecule has 0 aliphatic heterocycles. The summed E-state index contributed by atoms with van der Waals surface area (Å²) in [4.78, 5) is 25.8. The summed E-state index contributed by atoms with van der Waals surface area (Å²) in [5, 5.41) is 4.55. The molecular formula is C55H35N7. The van der Waals surface area contributed by atoms with E-state index in [1.54, 1.807) is 0 Å². The fraction of sp³-hybridized carbons (Fsp3) is 0. The highest BCUT2D eigenvalue weighted by atomic mass is 15.2. The van der Waals surface area contributed by atoms with Crippen molar-refractivity contribution in [2.75, 3.05) is 0 Å². The SMILES string of the molecule is c1ccc(-c2cc(-c3ccc(-c4nc(-c5ccccc5)nc(-n5c6ccccc6c6ccc7c(c8ccccc8n7-c7ccccc7)c65)n4)cc3)nc(-c3ccccc3)n2)cc1. The molecule has 0 saturated heterocycles. The van der Waals surface area contributed by atoms with E-state index in [0.717, 1.165) is 88.5 Å². The minimum Gasteiger partial charge on any atom is -0.309 e. The molecule has 0 fully saturated rings. The van der Waals surface area contributed by atoms with Crippen LogP contribution in [0, 0.1) is 0 Å². The quantitative estimate of drug-likeness (QED) is 0.161. The van der Waals surface area contributed by atoms with Gasteiger partial charge in [0.2, 0.25) is 5.95 Å². The van der Waals surface area contributed by atoms with Gasteiger partial charge in [-0.15, -0.1) is 0 Å². The summed E-state index contributed by atoms with van der Waals surface area (Å²) in [6.45, 7) is 0. The summed E-state index contributed by atoms with van der Waals surface area (Å²) in [5.41, 5.74) is 11.8. The highest BCUT2D eigenvalue weighted by Crippen LogP contribution is 2.42. The van der Waals surface area contributed by atoms with E-state index in [4.69, 9.17) is 24.9 Å². The van der Waals surface area contributed by atoms with Crippen LogP contribution in [0.15, 0.2) is 212 Å². The van der Waals surface area contributed by atoms with Crippen LogP contribution in [-0.2, 0) is 0 Å². The first-order valence-electron chi connectivity index (χ1n) is 20.7. The molecule has 0 N–H and O–H groups in total. The lowest BCUT2D eigenvalue weighted by molar-refractivity contribution is 0.955. The van der Waals surface area contributed by atoms with Gasteiger partial charge in [0.25, 0.3) is 0 Å². The number of rotatable bonds is 7. The van der Waals surface area contributed by atoms with Gasteiger partial charge in [-0.1, -0.05) is 176 Å². The van der Waals surface area contributed by atoms with Crippen LogP contribution in [0.1, 0.15) is 0 Å². The molecule has 0 bridgehead atoms. The second kappa shape index (κ2) is 14.6. The van der Waals surface area contributed by atoms with Crippen molar-refractivity contribution in [3.8, 4) is 68.3 Å². The number of hydrogen-bond acceptors (Lipinski definition) is 5. The van der Waals surface area contributed by atoms with E-state index in [1.807, 2.05) is 78.9 Å². The van der Waals surface area contributed by atoms with Gasteiger partial charge in [0.1, 0.15) is 0 Å². The van der Waals surface area contributed by atoms with Crippen LogP contribution in [0.2, 0.25) is 0 Å². The summed E-state index contributed by atoms with van der Waals surface area (Å²) < 4.78 is 4.59.